The first-order chi connectivity index (χ1) is 4.18. The molecule has 1 aromatic rings. The molecule has 0 fully saturated rings. The largest absolute Gasteiger partial charge is 0.358 e. The van der Waals surface area contributed by atoms with Crippen molar-refractivity contribution in [1.29, 1.82) is 0 Å². The predicted molar refractivity (Wildman–Crippen MR) is 40.2 cm³/mol. The van der Waals surface area contributed by atoms with Crippen molar-refractivity contribution in [2.24, 2.45) is 0 Å². The maximum atomic E-state index is 3.97. The van der Waals surface area contributed by atoms with Gasteiger partial charge >= 0.3 is 0 Å². The Balaban J connectivity index is 0. The van der Waals surface area contributed by atoms with Crippen LogP contribution in [0.2, 0.25) is 0 Å². The summed E-state index contributed by atoms with van der Waals surface area (Å²) in [7, 11) is 0. The third-order valence-electron chi connectivity index (χ3n) is 0.905. The molecule has 11 heavy (non-hydrogen) atoms. The van der Waals surface area contributed by atoms with Crippen LogP contribution < -0.4 is 0 Å². The summed E-state index contributed by atoms with van der Waals surface area (Å²) in [4.78, 5) is 11.8. The Labute approximate surface area is 92.9 Å². The first-order valence-electron chi connectivity index (χ1n) is 2.70. The molecule has 0 spiro atoms. The van der Waals surface area contributed by atoms with E-state index in [0.29, 0.717) is 5.82 Å². The van der Waals surface area contributed by atoms with Gasteiger partial charge in [0.25, 0.3) is 0 Å². The number of rotatable bonds is 0. The van der Waals surface area contributed by atoms with Gasteiger partial charge in [-0.25, -0.2) is 4.98 Å². The second kappa shape index (κ2) is 5.61. The Bertz CT molecular complexity index is 174. The van der Waals surface area contributed by atoms with Crippen molar-refractivity contribution in [3.63, 3.8) is 0 Å². The summed E-state index contributed by atoms with van der Waals surface area (Å²) in [5.41, 5.74) is 0. The van der Waals surface area contributed by atoms with Gasteiger partial charge in [0.05, 0.1) is 0 Å². The Hall–Kier alpha value is -0.0161. The molecule has 59 valence electrons. The van der Waals surface area contributed by atoms with Crippen LogP contribution in [0.15, 0.2) is 0 Å². The quantitative estimate of drug-likeness (QED) is 0.622. The average molecular weight is 226 g/mol. The van der Waals surface area contributed by atoms with E-state index in [1.165, 1.54) is 0 Å². The Morgan fingerprint density at radius 1 is 1.00 bits per heavy atom. The summed E-state index contributed by atoms with van der Waals surface area (Å²) < 4.78 is 0. The van der Waals surface area contributed by atoms with Gasteiger partial charge in [0.15, 0.2) is 0 Å². The molecule has 0 aliphatic heterocycles. The average Bonchev–Trinajstić information content (AvgIpc) is 1.59. The molecular weight excluding hydrogens is 215 g/mol. The summed E-state index contributed by atoms with van der Waals surface area (Å²) in [5.74, 6) is 2.00. The van der Waals surface area contributed by atoms with Crippen molar-refractivity contribution in [3.8, 4) is 0 Å². The van der Waals surface area contributed by atoms with Crippen molar-refractivity contribution >= 4 is 0 Å². The molecule has 0 amide bonds. The molecule has 1 heterocycles. The number of aryl methyl sites for hydroxylation is 2. The van der Waals surface area contributed by atoms with Crippen LogP contribution in [0.1, 0.15) is 17.5 Å². The molecule has 0 saturated heterocycles. The van der Waals surface area contributed by atoms with Crippen molar-refractivity contribution in [2.75, 3.05) is 0 Å². The number of nitrogens with zero attached hydrogens (tertiary/aromatic N) is 3. The Morgan fingerprint density at radius 2 is 1.36 bits per heavy atom. The minimum Gasteiger partial charge on any atom is -0.358 e. The van der Waals surface area contributed by atoms with E-state index in [1.807, 2.05) is 13.8 Å². The van der Waals surface area contributed by atoms with E-state index < -0.39 is 0 Å². The molecule has 0 aromatic carbocycles. The molecule has 3 nitrogen and oxygen atoms in total. The monoisotopic (exact) mass is 226 g/mol. The second-order valence-electron chi connectivity index (χ2n) is 1.85. The fraction of sp³-hybridized carbons (Fsp3) is 0.286. The van der Waals surface area contributed by atoms with Gasteiger partial charge in [0.1, 0.15) is 11.6 Å². The topological polar surface area (TPSA) is 38.7 Å². The van der Waals surface area contributed by atoms with Gasteiger partial charge in [-0.3, -0.25) is 9.97 Å². The van der Waals surface area contributed by atoms with Crippen molar-refractivity contribution in [3.05, 3.63) is 31.8 Å². The molecule has 4 heteroatoms. The molecule has 1 rings (SSSR count). The molecule has 0 bridgehead atoms. The van der Waals surface area contributed by atoms with Gasteiger partial charge in [-0.1, -0.05) is 0 Å². The molecule has 1 aromatic heterocycles. The van der Waals surface area contributed by atoms with Crippen molar-refractivity contribution < 1.29 is 32.7 Å². The molecule has 0 unspecified atom stereocenters. The van der Waals surface area contributed by atoms with Gasteiger partial charge in [-0.15, -0.1) is 0 Å². The van der Waals surface area contributed by atoms with Crippen LogP contribution in [-0.4, -0.2) is 15.0 Å². The fourth-order valence-electron chi connectivity index (χ4n) is 0.683. The third kappa shape index (κ3) is 4.43. The van der Waals surface area contributed by atoms with Crippen LogP contribution in [-0.2, 0) is 32.7 Å². The van der Waals surface area contributed by atoms with E-state index in [2.05, 4.69) is 21.9 Å². The zero-order chi connectivity index (χ0) is 6.85. The zero-order valence-electron chi connectivity index (χ0n) is 7.13. The smallest absolute Gasteiger partial charge is 0.126 e. The minimum atomic E-state index is 0. The first-order valence-corrected chi connectivity index (χ1v) is 2.70. The standard InChI is InChI=1S/C6H8N3.CH3.Y/c1-4-7-5(2)9-6(3)8-4;;/h1H2,2-3H3;1H3;/q2*-1;. The van der Waals surface area contributed by atoms with E-state index >= 15 is 0 Å². The van der Waals surface area contributed by atoms with Crippen LogP contribution in [0, 0.1) is 28.2 Å². The maximum absolute atomic E-state index is 3.97. The summed E-state index contributed by atoms with van der Waals surface area (Å²) >= 11 is 0. The molecule has 0 aliphatic rings. The Morgan fingerprint density at radius 3 is 1.64 bits per heavy atom. The SMILES string of the molecule is [CH2-]c1nc(C)nc(C)n1.[CH3-].[Y]. The minimum absolute atomic E-state index is 0. The summed E-state index contributed by atoms with van der Waals surface area (Å²) in [5, 5.41) is 0. The summed E-state index contributed by atoms with van der Waals surface area (Å²) in [6.07, 6.45) is 0. The normalized spacial score (nSPS) is 7.82. The second-order valence-corrected chi connectivity index (χ2v) is 1.85. The number of hydrogen-bond acceptors (Lipinski definition) is 3. The van der Waals surface area contributed by atoms with E-state index in [1.54, 1.807) is 0 Å². The fourth-order valence-corrected chi connectivity index (χ4v) is 0.683. The van der Waals surface area contributed by atoms with E-state index in [0.717, 1.165) is 11.6 Å². The van der Waals surface area contributed by atoms with Gasteiger partial charge in [0.2, 0.25) is 0 Å². The van der Waals surface area contributed by atoms with Gasteiger partial charge in [-0.05, 0) is 19.7 Å². The molecule has 0 saturated carbocycles. The molecular formula is C7H11N3Y-2. The summed E-state index contributed by atoms with van der Waals surface area (Å²) in [6, 6.07) is 0. The van der Waals surface area contributed by atoms with Crippen LogP contribution in [0.5, 0.6) is 0 Å². The summed E-state index contributed by atoms with van der Waals surface area (Å²) in [6.45, 7) is 7.23. The first kappa shape index (κ1) is 13.6. The molecule has 1 radical (unpaired) electrons. The van der Waals surface area contributed by atoms with Gasteiger partial charge in [0, 0.05) is 32.7 Å². The van der Waals surface area contributed by atoms with Gasteiger partial charge < -0.3 is 14.4 Å². The Kier molecular flexibility index (Phi) is 6.92. The van der Waals surface area contributed by atoms with E-state index in [9.17, 15) is 0 Å². The van der Waals surface area contributed by atoms with E-state index in [4.69, 9.17) is 0 Å². The van der Waals surface area contributed by atoms with Crippen molar-refractivity contribution in [2.45, 2.75) is 13.8 Å². The number of aromatic nitrogens is 3. The van der Waals surface area contributed by atoms with Crippen LogP contribution in [0.25, 0.3) is 0 Å². The number of hydrogen-bond donors (Lipinski definition) is 0. The van der Waals surface area contributed by atoms with Crippen LogP contribution >= 0.6 is 0 Å². The molecule has 0 atom stereocenters. The van der Waals surface area contributed by atoms with Crippen molar-refractivity contribution in [1.82, 2.24) is 15.0 Å². The zero-order valence-corrected chi connectivity index (χ0v) is 9.96. The van der Waals surface area contributed by atoms with E-state index in [-0.39, 0.29) is 40.1 Å². The maximum Gasteiger partial charge on any atom is 0.126 e. The molecule has 0 aliphatic carbocycles. The van der Waals surface area contributed by atoms with Gasteiger partial charge in [-0.2, -0.15) is 0 Å². The van der Waals surface area contributed by atoms with Crippen LogP contribution in [0.4, 0.5) is 0 Å². The third-order valence-corrected chi connectivity index (χ3v) is 0.905. The molecule has 0 N–H and O–H groups in total. The van der Waals surface area contributed by atoms with Crippen LogP contribution in [0.3, 0.4) is 0 Å². The predicted octanol–water partition coefficient (Wildman–Crippen LogP) is 1.12.